The topological polar surface area (TPSA) is 124 Å². The first-order chi connectivity index (χ1) is 13.8. The number of H-pyrrole nitrogens is 1. The highest BCUT2D eigenvalue weighted by Gasteiger charge is 2.34. The van der Waals surface area contributed by atoms with Crippen LogP contribution in [0.25, 0.3) is 11.5 Å². The average Bonchev–Trinajstić information content (AvgIpc) is 3.40. The summed E-state index contributed by atoms with van der Waals surface area (Å²) >= 11 is 0. The van der Waals surface area contributed by atoms with Crippen LogP contribution in [0.3, 0.4) is 0 Å². The minimum absolute atomic E-state index is 0.336. The van der Waals surface area contributed by atoms with Crippen molar-refractivity contribution in [3.8, 4) is 17.2 Å². The first-order valence-electron chi connectivity index (χ1n) is 8.70. The fourth-order valence-corrected chi connectivity index (χ4v) is 3.36. The van der Waals surface area contributed by atoms with E-state index in [1.54, 1.807) is 23.1 Å². The number of aromatic amines is 1. The number of anilines is 2. The van der Waals surface area contributed by atoms with Gasteiger partial charge in [-0.15, -0.1) is 0 Å². The summed E-state index contributed by atoms with van der Waals surface area (Å²) in [5.41, 5.74) is 1.98. The van der Waals surface area contributed by atoms with Crippen molar-refractivity contribution in [1.82, 2.24) is 30.4 Å². The predicted octanol–water partition coefficient (Wildman–Crippen LogP) is 2.11. The zero-order chi connectivity index (χ0) is 19.1. The van der Waals surface area contributed by atoms with E-state index in [-0.39, 0.29) is 5.56 Å². The second kappa shape index (κ2) is 6.34. The van der Waals surface area contributed by atoms with Crippen molar-refractivity contribution < 1.29 is 9.15 Å². The number of benzene rings is 1. The molecule has 10 nitrogen and oxygen atoms in total. The summed E-state index contributed by atoms with van der Waals surface area (Å²) in [5.74, 6) is 1.66. The van der Waals surface area contributed by atoms with Crippen molar-refractivity contribution in [3.63, 3.8) is 0 Å². The fraction of sp³-hybridized carbons (Fsp3) is 0.167. The minimum Gasteiger partial charge on any atom is -0.494 e. The zero-order valence-corrected chi connectivity index (χ0v) is 14.8. The Hall–Kier alpha value is -3.95. The Morgan fingerprint density at radius 1 is 1.25 bits per heavy atom. The molecule has 1 aromatic carbocycles. The molecule has 0 saturated heterocycles. The molecule has 1 atom stereocenters. The maximum absolute atomic E-state index is 12.5. The van der Waals surface area contributed by atoms with Gasteiger partial charge in [0.05, 0.1) is 12.9 Å². The van der Waals surface area contributed by atoms with Gasteiger partial charge in [0, 0.05) is 5.56 Å². The molecule has 1 aliphatic rings. The summed E-state index contributed by atoms with van der Waals surface area (Å²) in [6.45, 7) is 2.51. The first-order valence-corrected chi connectivity index (χ1v) is 8.70. The van der Waals surface area contributed by atoms with Crippen molar-refractivity contribution in [2.75, 3.05) is 11.9 Å². The molecule has 4 aromatic rings. The van der Waals surface area contributed by atoms with Crippen LogP contribution in [0.2, 0.25) is 0 Å². The third-order valence-corrected chi connectivity index (χ3v) is 4.53. The van der Waals surface area contributed by atoms with E-state index in [0.29, 0.717) is 35.3 Å². The largest absolute Gasteiger partial charge is 0.494 e. The number of nitrogens with zero attached hydrogens (tertiary/aromatic N) is 5. The summed E-state index contributed by atoms with van der Waals surface area (Å²) in [6.07, 6.45) is 1.55. The molecule has 10 heteroatoms. The lowest BCUT2D eigenvalue weighted by Crippen LogP contribution is -2.29. The molecular formula is C18H15N7O3. The van der Waals surface area contributed by atoms with Gasteiger partial charge in [0.25, 0.3) is 5.56 Å². The Kier molecular flexibility index (Phi) is 3.68. The Bertz CT molecular complexity index is 1180. The van der Waals surface area contributed by atoms with Gasteiger partial charge in [0.15, 0.2) is 5.76 Å². The lowest BCUT2D eigenvalue weighted by Gasteiger charge is -2.27. The molecule has 0 fully saturated rings. The van der Waals surface area contributed by atoms with Gasteiger partial charge in [-0.1, -0.05) is 17.2 Å². The van der Waals surface area contributed by atoms with Crippen LogP contribution in [0.5, 0.6) is 5.75 Å². The van der Waals surface area contributed by atoms with Gasteiger partial charge in [-0.3, -0.25) is 4.79 Å². The van der Waals surface area contributed by atoms with E-state index < -0.39 is 6.04 Å². The number of furan rings is 1. The molecule has 3 aromatic heterocycles. The van der Waals surface area contributed by atoms with Crippen LogP contribution in [-0.4, -0.2) is 37.0 Å². The van der Waals surface area contributed by atoms with E-state index in [1.807, 2.05) is 31.2 Å². The zero-order valence-electron chi connectivity index (χ0n) is 14.8. The van der Waals surface area contributed by atoms with E-state index in [0.717, 1.165) is 11.3 Å². The predicted molar refractivity (Wildman–Crippen MR) is 98.5 cm³/mol. The monoisotopic (exact) mass is 377 g/mol. The van der Waals surface area contributed by atoms with Crippen molar-refractivity contribution >= 4 is 11.6 Å². The van der Waals surface area contributed by atoms with Crippen LogP contribution in [-0.2, 0) is 0 Å². The molecule has 0 spiro atoms. The van der Waals surface area contributed by atoms with Crippen LogP contribution >= 0.6 is 0 Å². The molecule has 0 aliphatic carbocycles. The standard InChI is InChI=1S/C18H15N7O3/c1-2-27-11-7-5-10(6-8-11)16-13-14(12-4-3-9-28-12)20-21-17(26)15(13)19-18-22-23-24-25(16)18/h3-9,16H,2H2,1H3,(H,21,26)(H,19,22,24)/t16-/m1/s1. The number of fused-ring (bicyclic) bond motifs is 2. The van der Waals surface area contributed by atoms with Crippen LogP contribution in [0, 0.1) is 0 Å². The average molecular weight is 377 g/mol. The highest BCUT2D eigenvalue weighted by atomic mass is 16.5. The van der Waals surface area contributed by atoms with Gasteiger partial charge >= 0.3 is 0 Å². The smallest absolute Gasteiger partial charge is 0.288 e. The van der Waals surface area contributed by atoms with Crippen LogP contribution in [0.1, 0.15) is 24.1 Å². The Morgan fingerprint density at radius 2 is 2.11 bits per heavy atom. The van der Waals surface area contributed by atoms with E-state index >= 15 is 0 Å². The summed E-state index contributed by atoms with van der Waals surface area (Å²) in [6, 6.07) is 10.7. The number of nitrogens with one attached hydrogen (secondary N) is 2. The number of tetrazole rings is 1. The molecular weight excluding hydrogens is 362 g/mol. The van der Waals surface area contributed by atoms with E-state index in [2.05, 4.69) is 31.0 Å². The van der Waals surface area contributed by atoms with Crippen LogP contribution in [0.15, 0.2) is 51.9 Å². The van der Waals surface area contributed by atoms with Gasteiger partial charge in [-0.25, -0.2) is 5.10 Å². The Morgan fingerprint density at radius 3 is 2.86 bits per heavy atom. The first kappa shape index (κ1) is 16.2. The lowest BCUT2D eigenvalue weighted by atomic mass is 9.94. The van der Waals surface area contributed by atoms with Crippen molar-refractivity contribution in [1.29, 1.82) is 0 Å². The number of hydrogen-bond donors (Lipinski definition) is 2. The maximum Gasteiger partial charge on any atom is 0.288 e. The molecule has 0 unspecified atom stereocenters. The van der Waals surface area contributed by atoms with E-state index in [4.69, 9.17) is 9.15 Å². The van der Waals surface area contributed by atoms with Gasteiger partial charge in [0.1, 0.15) is 23.2 Å². The lowest BCUT2D eigenvalue weighted by molar-refractivity contribution is 0.340. The van der Waals surface area contributed by atoms with Crippen molar-refractivity contribution in [2.45, 2.75) is 13.0 Å². The van der Waals surface area contributed by atoms with Crippen molar-refractivity contribution in [3.05, 3.63) is 64.1 Å². The molecule has 2 N–H and O–H groups in total. The third-order valence-electron chi connectivity index (χ3n) is 4.53. The van der Waals surface area contributed by atoms with Gasteiger partial charge < -0.3 is 14.5 Å². The van der Waals surface area contributed by atoms with E-state index in [9.17, 15) is 4.79 Å². The normalized spacial score (nSPS) is 14.8. The summed E-state index contributed by atoms with van der Waals surface area (Å²) < 4.78 is 12.7. The molecule has 4 heterocycles. The fourth-order valence-electron chi connectivity index (χ4n) is 3.36. The third kappa shape index (κ3) is 2.46. The Balaban J connectivity index is 1.75. The minimum atomic E-state index is -0.466. The molecule has 28 heavy (non-hydrogen) atoms. The van der Waals surface area contributed by atoms with Crippen LogP contribution < -0.4 is 15.6 Å². The van der Waals surface area contributed by atoms with Crippen LogP contribution in [0.4, 0.5) is 11.6 Å². The molecule has 140 valence electrons. The number of rotatable bonds is 4. The quantitative estimate of drug-likeness (QED) is 0.488. The van der Waals surface area contributed by atoms with Gasteiger partial charge in [-0.2, -0.15) is 9.78 Å². The highest BCUT2D eigenvalue weighted by molar-refractivity contribution is 5.73. The van der Waals surface area contributed by atoms with Gasteiger partial charge in [-0.05, 0) is 47.2 Å². The van der Waals surface area contributed by atoms with Gasteiger partial charge in [0.2, 0.25) is 5.95 Å². The number of ether oxygens (including phenoxy) is 1. The molecule has 5 rings (SSSR count). The number of hydrogen-bond acceptors (Lipinski definition) is 8. The second-order valence-electron chi connectivity index (χ2n) is 6.14. The molecule has 0 saturated carbocycles. The van der Waals surface area contributed by atoms with Crippen molar-refractivity contribution in [2.24, 2.45) is 0 Å². The molecule has 0 bridgehead atoms. The summed E-state index contributed by atoms with van der Waals surface area (Å²) in [4.78, 5) is 12.5. The Labute approximate surface area is 158 Å². The molecule has 0 amide bonds. The number of aromatic nitrogens is 6. The maximum atomic E-state index is 12.5. The highest BCUT2D eigenvalue weighted by Crippen LogP contribution is 2.41. The van der Waals surface area contributed by atoms with E-state index in [1.165, 1.54) is 0 Å². The molecule has 0 radical (unpaired) electrons. The SMILES string of the molecule is CCOc1ccc([C@@H]2c3c(-c4ccco4)n[nH]c(=O)c3Nc3nnnn32)cc1. The second-order valence-corrected chi connectivity index (χ2v) is 6.14. The summed E-state index contributed by atoms with van der Waals surface area (Å²) in [7, 11) is 0. The molecule has 1 aliphatic heterocycles. The summed E-state index contributed by atoms with van der Waals surface area (Å²) in [5, 5.41) is 21.6.